The van der Waals surface area contributed by atoms with Gasteiger partial charge in [0, 0.05) is 33.0 Å². The lowest BCUT2D eigenvalue weighted by molar-refractivity contribution is -0.707. The average molecular weight is 661 g/mol. The first-order chi connectivity index (χ1) is 20.1. The molecular formula is C25H27F3N6O6S3. The highest BCUT2D eigenvalue weighted by Gasteiger charge is 2.54. The summed E-state index contributed by atoms with van der Waals surface area (Å²) in [6, 6.07) is 2.63. The number of halogens is 3. The van der Waals surface area contributed by atoms with Crippen molar-refractivity contribution >= 4 is 58.7 Å². The number of nitrogens with one attached hydrogen (secondary N) is 3. The minimum atomic E-state index is -4.66. The number of thioether (sulfide) groups is 2. The SMILES string of the molecule is CC(C)(C)c1ccc(SCC2=C(C(=O)O)N3C(=O)[C@H](NC(=O)C(NC(=O)NCC(F)(F)F)c4cccs4)C3SC2)[n+]([O-])n1. The molecule has 2 aromatic heterocycles. The van der Waals surface area contributed by atoms with E-state index in [1.54, 1.807) is 28.9 Å². The van der Waals surface area contributed by atoms with Gasteiger partial charge in [0.25, 0.3) is 10.9 Å². The Kier molecular flexibility index (Phi) is 9.51. The topological polar surface area (TPSA) is 168 Å². The maximum Gasteiger partial charge on any atom is 0.405 e. The van der Waals surface area contributed by atoms with Crippen LogP contribution in [-0.2, 0) is 19.8 Å². The predicted octanol–water partition coefficient (Wildman–Crippen LogP) is 2.51. The summed E-state index contributed by atoms with van der Waals surface area (Å²) in [7, 11) is 0. The average Bonchev–Trinajstić information content (AvgIpc) is 3.45. The number of rotatable bonds is 9. The molecule has 232 valence electrons. The van der Waals surface area contributed by atoms with Crippen LogP contribution < -0.4 is 20.8 Å². The van der Waals surface area contributed by atoms with Crippen LogP contribution in [0, 0.1) is 5.21 Å². The smallest absolute Gasteiger partial charge is 0.405 e. The van der Waals surface area contributed by atoms with Gasteiger partial charge in [0.1, 0.15) is 35.4 Å². The molecule has 4 rings (SSSR count). The van der Waals surface area contributed by atoms with Crippen LogP contribution in [0.25, 0.3) is 0 Å². The summed E-state index contributed by atoms with van der Waals surface area (Å²) >= 11 is 3.36. The Morgan fingerprint density at radius 3 is 2.56 bits per heavy atom. The summed E-state index contributed by atoms with van der Waals surface area (Å²) in [4.78, 5) is 52.4. The Hall–Kier alpha value is -3.51. The zero-order chi connectivity index (χ0) is 31.7. The second-order valence-corrected chi connectivity index (χ2v) is 13.6. The molecule has 1 fully saturated rings. The van der Waals surface area contributed by atoms with Gasteiger partial charge in [0.15, 0.2) is 0 Å². The lowest BCUT2D eigenvalue weighted by atomic mass is 9.92. The van der Waals surface area contributed by atoms with E-state index in [-0.39, 0.29) is 27.6 Å². The van der Waals surface area contributed by atoms with Crippen LogP contribution >= 0.6 is 34.9 Å². The van der Waals surface area contributed by atoms with Crippen LogP contribution in [-0.4, -0.2) is 74.6 Å². The number of carbonyl (C=O) groups excluding carboxylic acids is 3. The Morgan fingerprint density at radius 2 is 1.98 bits per heavy atom. The number of amides is 4. The van der Waals surface area contributed by atoms with E-state index >= 15 is 0 Å². The highest BCUT2D eigenvalue weighted by Crippen LogP contribution is 2.41. The Bertz CT molecular complexity index is 1450. The largest absolute Gasteiger partial charge is 0.593 e. The molecule has 4 N–H and O–H groups in total. The van der Waals surface area contributed by atoms with Crippen molar-refractivity contribution in [2.45, 2.75) is 54.8 Å². The highest BCUT2D eigenvalue weighted by molar-refractivity contribution is 8.01. The van der Waals surface area contributed by atoms with Crippen LogP contribution in [0.1, 0.15) is 37.4 Å². The van der Waals surface area contributed by atoms with E-state index in [0.29, 0.717) is 21.0 Å². The first kappa shape index (κ1) is 32.4. The van der Waals surface area contributed by atoms with Crippen molar-refractivity contribution < 1.29 is 42.3 Å². The molecule has 2 aliphatic heterocycles. The molecule has 0 spiro atoms. The number of thiophene rings is 1. The molecule has 2 unspecified atom stereocenters. The standard InChI is InChI=1S/C25H27F3N6O6S3/c1-24(2,3)14-6-7-15(34(40)32-14)42-9-12-10-43-21-17(20(36)33(21)18(12)22(37)38)30-19(35)16(13-5-4-8-41-13)31-23(39)29-11-25(26,27)28/h4-8,16-17,21H,9-11H2,1-3H3,(H,30,35)(H,37,38)(H2,29,31,39)/t16?,17-,21?/m0/s1. The Balaban J connectivity index is 1.45. The van der Waals surface area contributed by atoms with Gasteiger partial charge in [0.2, 0.25) is 5.91 Å². The quantitative estimate of drug-likeness (QED) is 0.137. The van der Waals surface area contributed by atoms with Gasteiger partial charge in [-0.05, 0) is 39.7 Å². The number of carbonyl (C=O) groups is 4. The van der Waals surface area contributed by atoms with E-state index < -0.39 is 54.0 Å². The zero-order valence-electron chi connectivity index (χ0n) is 22.9. The molecule has 3 atom stereocenters. The number of hydrogen-bond acceptors (Lipinski definition) is 9. The predicted molar refractivity (Wildman–Crippen MR) is 152 cm³/mol. The molecule has 0 aromatic carbocycles. The van der Waals surface area contributed by atoms with E-state index in [1.165, 1.54) is 17.8 Å². The van der Waals surface area contributed by atoms with Gasteiger partial charge in [-0.25, -0.2) is 9.59 Å². The van der Waals surface area contributed by atoms with Crippen molar-refractivity contribution in [3.8, 4) is 0 Å². The lowest BCUT2D eigenvalue weighted by Gasteiger charge is -2.49. The van der Waals surface area contributed by atoms with Crippen molar-refractivity contribution in [1.29, 1.82) is 0 Å². The highest BCUT2D eigenvalue weighted by atomic mass is 32.2. The Morgan fingerprint density at radius 1 is 1.26 bits per heavy atom. The number of aliphatic carboxylic acids is 1. The normalized spacial score (nSPS) is 19.3. The third-order valence-corrected chi connectivity index (χ3v) is 9.65. The molecule has 4 amide bonds. The molecule has 12 nitrogen and oxygen atoms in total. The van der Waals surface area contributed by atoms with E-state index in [0.717, 1.165) is 28.0 Å². The molecule has 0 bridgehead atoms. The van der Waals surface area contributed by atoms with Gasteiger partial charge in [-0.1, -0.05) is 26.8 Å². The minimum Gasteiger partial charge on any atom is -0.593 e. The monoisotopic (exact) mass is 660 g/mol. The number of alkyl halides is 3. The second kappa shape index (κ2) is 12.6. The summed E-state index contributed by atoms with van der Waals surface area (Å²) in [5.41, 5.74) is 0.400. The van der Waals surface area contributed by atoms with Crippen LogP contribution in [0.3, 0.4) is 0 Å². The van der Waals surface area contributed by atoms with Crippen molar-refractivity contribution in [2.24, 2.45) is 0 Å². The molecule has 1 saturated heterocycles. The summed E-state index contributed by atoms with van der Waals surface area (Å²) in [6.45, 7) is 4.13. The molecule has 2 aliphatic rings. The number of aromatic nitrogens is 2. The van der Waals surface area contributed by atoms with E-state index in [1.807, 2.05) is 20.8 Å². The summed E-state index contributed by atoms with van der Waals surface area (Å²) in [6.07, 6.45) is -4.66. The fourth-order valence-electron chi connectivity index (χ4n) is 4.17. The van der Waals surface area contributed by atoms with E-state index in [4.69, 9.17) is 0 Å². The summed E-state index contributed by atoms with van der Waals surface area (Å²) < 4.78 is 37.5. The fraction of sp³-hybridized carbons (Fsp3) is 0.440. The summed E-state index contributed by atoms with van der Waals surface area (Å²) in [5, 5.41) is 33.9. The number of nitrogens with zero attached hydrogens (tertiary/aromatic N) is 3. The van der Waals surface area contributed by atoms with Gasteiger partial charge < -0.3 is 26.3 Å². The maximum absolute atomic E-state index is 13.1. The number of β-lactam (4-membered cyclic amide) rings is 1. The second-order valence-electron chi connectivity index (χ2n) is 10.5. The molecule has 18 heteroatoms. The van der Waals surface area contributed by atoms with Crippen molar-refractivity contribution in [3.05, 3.63) is 56.7 Å². The Labute approximate surface area is 256 Å². The third kappa shape index (κ3) is 7.53. The molecule has 0 saturated carbocycles. The maximum atomic E-state index is 13.1. The first-order valence-corrected chi connectivity index (χ1v) is 15.6. The molecule has 0 radical (unpaired) electrons. The van der Waals surface area contributed by atoms with Crippen LogP contribution in [0.4, 0.5) is 18.0 Å². The van der Waals surface area contributed by atoms with Crippen molar-refractivity contribution in [2.75, 3.05) is 18.1 Å². The molecule has 43 heavy (non-hydrogen) atoms. The van der Waals surface area contributed by atoms with Gasteiger partial charge in [-0.2, -0.15) is 13.2 Å². The van der Waals surface area contributed by atoms with Crippen LogP contribution in [0.15, 0.2) is 45.9 Å². The van der Waals surface area contributed by atoms with Gasteiger partial charge in [-0.15, -0.1) is 23.1 Å². The summed E-state index contributed by atoms with van der Waals surface area (Å²) in [5.74, 6) is -2.62. The minimum absolute atomic E-state index is 0.0956. The number of fused-ring (bicyclic) bond motifs is 1. The van der Waals surface area contributed by atoms with Gasteiger partial charge >= 0.3 is 18.2 Å². The van der Waals surface area contributed by atoms with Gasteiger partial charge in [-0.3, -0.25) is 14.5 Å². The van der Waals surface area contributed by atoms with E-state index in [9.17, 15) is 42.7 Å². The first-order valence-electron chi connectivity index (χ1n) is 12.7. The fourth-order valence-corrected chi connectivity index (χ4v) is 7.30. The van der Waals surface area contributed by atoms with Crippen LogP contribution in [0.5, 0.6) is 0 Å². The van der Waals surface area contributed by atoms with E-state index in [2.05, 4.69) is 15.7 Å². The number of carboxylic acid groups (broad SMARTS) is 1. The lowest BCUT2D eigenvalue weighted by Crippen LogP contribution is -2.71. The van der Waals surface area contributed by atoms with Crippen LogP contribution in [0.2, 0.25) is 0 Å². The van der Waals surface area contributed by atoms with Crippen molar-refractivity contribution in [1.82, 2.24) is 25.9 Å². The van der Waals surface area contributed by atoms with Gasteiger partial charge in [0.05, 0.1) is 0 Å². The zero-order valence-corrected chi connectivity index (χ0v) is 25.4. The number of urea groups is 1. The molecular weight excluding hydrogens is 634 g/mol. The molecule has 4 heterocycles. The van der Waals surface area contributed by atoms with Crippen molar-refractivity contribution in [3.63, 3.8) is 0 Å². The molecule has 2 aromatic rings. The number of hydrogen-bond donors (Lipinski definition) is 4. The third-order valence-electron chi connectivity index (χ3n) is 6.30. The number of carboxylic acids is 1. The molecule has 0 aliphatic carbocycles.